The molecule has 2 heteroatoms. The average molecular weight is 210 g/mol. The molecule has 1 rings (SSSR count). The highest BCUT2D eigenvalue weighted by atomic mass is 19.1. The van der Waals surface area contributed by atoms with E-state index in [4.69, 9.17) is 4.74 Å². The molecule has 0 N–H and O–H groups in total. The predicted molar refractivity (Wildman–Crippen MR) is 60.6 cm³/mol. The smallest absolute Gasteiger partial charge is 0.123 e. The van der Waals surface area contributed by atoms with Crippen LogP contribution < -0.4 is 4.74 Å². The van der Waals surface area contributed by atoms with Crippen LogP contribution in [0.15, 0.2) is 24.3 Å². The quantitative estimate of drug-likeness (QED) is 0.684. The van der Waals surface area contributed by atoms with E-state index in [-0.39, 0.29) is 11.9 Å². The van der Waals surface area contributed by atoms with Gasteiger partial charge in [0.1, 0.15) is 11.6 Å². The second-order valence-electron chi connectivity index (χ2n) is 3.74. The van der Waals surface area contributed by atoms with Crippen molar-refractivity contribution in [2.75, 3.05) is 0 Å². The SMILES string of the molecule is CCCCC(CC)Oc1ccc(F)cc1. The number of rotatable bonds is 6. The number of halogens is 1. The molecule has 0 spiro atoms. The second-order valence-corrected chi connectivity index (χ2v) is 3.74. The zero-order chi connectivity index (χ0) is 11.1. The van der Waals surface area contributed by atoms with Gasteiger partial charge in [0.2, 0.25) is 0 Å². The summed E-state index contributed by atoms with van der Waals surface area (Å²) in [5, 5.41) is 0. The van der Waals surface area contributed by atoms with Crippen LogP contribution >= 0.6 is 0 Å². The zero-order valence-electron chi connectivity index (χ0n) is 9.50. The van der Waals surface area contributed by atoms with E-state index in [0.29, 0.717) is 0 Å². The van der Waals surface area contributed by atoms with Gasteiger partial charge in [0.05, 0.1) is 6.10 Å². The summed E-state index contributed by atoms with van der Waals surface area (Å²) < 4.78 is 18.4. The van der Waals surface area contributed by atoms with Gasteiger partial charge in [0.25, 0.3) is 0 Å². The molecule has 0 fully saturated rings. The number of unbranched alkanes of at least 4 members (excludes halogenated alkanes) is 1. The Bertz CT molecular complexity index is 268. The molecule has 0 aromatic heterocycles. The van der Waals surface area contributed by atoms with Crippen LogP contribution in [0.4, 0.5) is 4.39 Å². The van der Waals surface area contributed by atoms with Crippen LogP contribution in [0.25, 0.3) is 0 Å². The van der Waals surface area contributed by atoms with E-state index in [1.165, 1.54) is 25.0 Å². The second kappa shape index (κ2) is 6.44. The van der Waals surface area contributed by atoms with Gasteiger partial charge in [-0.25, -0.2) is 4.39 Å². The molecule has 1 nitrogen and oxygen atoms in total. The summed E-state index contributed by atoms with van der Waals surface area (Å²) in [7, 11) is 0. The van der Waals surface area contributed by atoms with Gasteiger partial charge < -0.3 is 4.74 Å². The van der Waals surface area contributed by atoms with E-state index in [2.05, 4.69) is 13.8 Å². The minimum Gasteiger partial charge on any atom is -0.490 e. The molecule has 1 aromatic rings. The summed E-state index contributed by atoms with van der Waals surface area (Å²) in [6, 6.07) is 6.23. The Hall–Kier alpha value is -1.05. The topological polar surface area (TPSA) is 9.23 Å². The van der Waals surface area contributed by atoms with Crippen molar-refractivity contribution in [1.29, 1.82) is 0 Å². The molecular weight excluding hydrogens is 191 g/mol. The van der Waals surface area contributed by atoms with Crippen molar-refractivity contribution in [3.8, 4) is 5.75 Å². The fraction of sp³-hybridized carbons (Fsp3) is 0.538. The Morgan fingerprint density at radius 3 is 2.40 bits per heavy atom. The number of hydrogen-bond acceptors (Lipinski definition) is 1. The predicted octanol–water partition coefficient (Wildman–Crippen LogP) is 4.17. The Balaban J connectivity index is 2.47. The van der Waals surface area contributed by atoms with Gasteiger partial charge >= 0.3 is 0 Å². The van der Waals surface area contributed by atoms with Crippen molar-refractivity contribution in [2.45, 2.75) is 45.6 Å². The lowest BCUT2D eigenvalue weighted by Gasteiger charge is -2.17. The maximum absolute atomic E-state index is 12.7. The fourth-order valence-electron chi connectivity index (χ4n) is 1.48. The number of benzene rings is 1. The van der Waals surface area contributed by atoms with Crippen LogP contribution in [0.5, 0.6) is 5.75 Å². The van der Waals surface area contributed by atoms with Crippen LogP contribution in [0.1, 0.15) is 39.5 Å². The monoisotopic (exact) mass is 210 g/mol. The molecule has 0 amide bonds. The van der Waals surface area contributed by atoms with Gasteiger partial charge in [-0.1, -0.05) is 26.7 Å². The van der Waals surface area contributed by atoms with Crippen LogP contribution in [-0.4, -0.2) is 6.10 Å². The summed E-state index contributed by atoms with van der Waals surface area (Å²) in [6.07, 6.45) is 4.69. The first-order chi connectivity index (χ1) is 7.26. The Kier molecular flexibility index (Phi) is 5.16. The van der Waals surface area contributed by atoms with Gasteiger partial charge in [-0.05, 0) is 37.1 Å². The van der Waals surface area contributed by atoms with Gasteiger partial charge in [-0.3, -0.25) is 0 Å². The lowest BCUT2D eigenvalue weighted by molar-refractivity contribution is 0.183. The van der Waals surface area contributed by atoms with Crippen molar-refractivity contribution in [3.63, 3.8) is 0 Å². The molecule has 0 radical (unpaired) electrons. The molecule has 0 aliphatic heterocycles. The van der Waals surface area contributed by atoms with Crippen molar-refractivity contribution >= 4 is 0 Å². The first kappa shape index (κ1) is 12.0. The lowest BCUT2D eigenvalue weighted by Crippen LogP contribution is -2.14. The minimum absolute atomic E-state index is 0.219. The van der Waals surface area contributed by atoms with E-state index in [0.717, 1.165) is 18.6 Å². The highest BCUT2D eigenvalue weighted by Crippen LogP contribution is 2.17. The van der Waals surface area contributed by atoms with Crippen LogP contribution in [0.3, 0.4) is 0 Å². The van der Waals surface area contributed by atoms with Gasteiger partial charge in [0, 0.05) is 0 Å². The molecule has 0 aliphatic carbocycles. The molecule has 1 aromatic carbocycles. The molecule has 1 unspecified atom stereocenters. The van der Waals surface area contributed by atoms with Crippen molar-refractivity contribution < 1.29 is 9.13 Å². The maximum atomic E-state index is 12.7. The Morgan fingerprint density at radius 2 is 1.87 bits per heavy atom. The van der Waals surface area contributed by atoms with E-state index >= 15 is 0 Å². The number of hydrogen-bond donors (Lipinski definition) is 0. The maximum Gasteiger partial charge on any atom is 0.123 e. The normalized spacial score (nSPS) is 12.5. The fourth-order valence-corrected chi connectivity index (χ4v) is 1.48. The molecule has 0 bridgehead atoms. The van der Waals surface area contributed by atoms with E-state index in [1.807, 2.05) is 0 Å². The molecule has 0 saturated carbocycles. The first-order valence-electron chi connectivity index (χ1n) is 5.68. The molecule has 1 atom stereocenters. The summed E-state index contributed by atoms with van der Waals surface area (Å²) in [6.45, 7) is 4.29. The third-order valence-corrected chi connectivity index (χ3v) is 2.45. The van der Waals surface area contributed by atoms with Gasteiger partial charge in [0.15, 0.2) is 0 Å². The van der Waals surface area contributed by atoms with Gasteiger partial charge in [-0.15, -0.1) is 0 Å². The Labute approximate surface area is 91.3 Å². The van der Waals surface area contributed by atoms with Crippen LogP contribution in [-0.2, 0) is 0 Å². The molecule has 0 heterocycles. The van der Waals surface area contributed by atoms with E-state index in [9.17, 15) is 4.39 Å². The molecular formula is C13H19FO. The number of ether oxygens (including phenoxy) is 1. The van der Waals surface area contributed by atoms with Crippen molar-refractivity contribution in [2.24, 2.45) is 0 Å². The summed E-state index contributed by atoms with van der Waals surface area (Å²) in [5.74, 6) is 0.545. The summed E-state index contributed by atoms with van der Waals surface area (Å²) in [4.78, 5) is 0. The standard InChI is InChI=1S/C13H19FO/c1-3-5-6-12(4-2)15-13-9-7-11(14)8-10-13/h7-10,12H,3-6H2,1-2H3. The van der Waals surface area contributed by atoms with Gasteiger partial charge in [-0.2, -0.15) is 0 Å². The lowest BCUT2D eigenvalue weighted by atomic mass is 10.1. The highest BCUT2D eigenvalue weighted by Gasteiger charge is 2.07. The average Bonchev–Trinajstić information content (AvgIpc) is 2.27. The molecule has 0 saturated heterocycles. The van der Waals surface area contributed by atoms with Crippen LogP contribution in [0, 0.1) is 5.82 Å². The third-order valence-electron chi connectivity index (χ3n) is 2.45. The van der Waals surface area contributed by atoms with Crippen molar-refractivity contribution in [3.05, 3.63) is 30.1 Å². The summed E-state index contributed by atoms with van der Waals surface area (Å²) >= 11 is 0. The highest BCUT2D eigenvalue weighted by molar-refractivity contribution is 5.22. The molecule has 0 aliphatic rings. The molecule has 84 valence electrons. The van der Waals surface area contributed by atoms with Crippen LogP contribution in [0.2, 0.25) is 0 Å². The zero-order valence-corrected chi connectivity index (χ0v) is 9.50. The summed E-state index contributed by atoms with van der Waals surface area (Å²) in [5.41, 5.74) is 0. The largest absolute Gasteiger partial charge is 0.490 e. The van der Waals surface area contributed by atoms with E-state index < -0.39 is 0 Å². The van der Waals surface area contributed by atoms with E-state index in [1.54, 1.807) is 12.1 Å². The minimum atomic E-state index is -0.219. The molecule has 15 heavy (non-hydrogen) atoms. The Morgan fingerprint density at radius 1 is 1.20 bits per heavy atom. The first-order valence-corrected chi connectivity index (χ1v) is 5.68. The third kappa shape index (κ3) is 4.32. The van der Waals surface area contributed by atoms with Crippen molar-refractivity contribution in [1.82, 2.24) is 0 Å².